The second kappa shape index (κ2) is 9.62. The Labute approximate surface area is 178 Å². The summed E-state index contributed by atoms with van der Waals surface area (Å²) in [4.78, 5) is 22.4. The molecule has 0 aliphatic rings. The van der Waals surface area contributed by atoms with Gasteiger partial charge in [-0.3, -0.25) is 14.9 Å². The van der Waals surface area contributed by atoms with Crippen molar-refractivity contribution in [1.29, 1.82) is 0 Å². The summed E-state index contributed by atoms with van der Waals surface area (Å²) in [5, 5.41) is 14.8. The highest BCUT2D eigenvalue weighted by Gasteiger charge is 2.11. The van der Waals surface area contributed by atoms with Crippen LogP contribution in [0.15, 0.2) is 65.8 Å². The quantitative estimate of drug-likeness (QED) is 0.340. The fraction of sp³-hybridized carbons (Fsp3) is 0.130. The number of ether oxygens (including phenoxy) is 1. The molecule has 3 rings (SSSR count). The van der Waals surface area contributed by atoms with Gasteiger partial charge in [0, 0.05) is 17.7 Å². The highest BCUT2D eigenvalue weighted by atomic mass is 19.1. The number of aryl methyl sites for hydroxylation is 2. The average Bonchev–Trinajstić information content (AvgIpc) is 2.74. The number of amides is 1. The summed E-state index contributed by atoms with van der Waals surface area (Å²) in [5.74, 6) is -0.118. The summed E-state index contributed by atoms with van der Waals surface area (Å²) >= 11 is 0. The Kier molecular flexibility index (Phi) is 6.71. The van der Waals surface area contributed by atoms with Crippen LogP contribution >= 0.6 is 0 Å². The molecular weight excluding hydrogens is 401 g/mol. The van der Waals surface area contributed by atoms with Gasteiger partial charge in [-0.2, -0.15) is 5.10 Å². The number of hydrogen-bond acceptors (Lipinski definition) is 5. The van der Waals surface area contributed by atoms with Crippen molar-refractivity contribution >= 4 is 17.8 Å². The summed E-state index contributed by atoms with van der Waals surface area (Å²) in [5.41, 5.74) is 5.71. The molecule has 0 heterocycles. The van der Waals surface area contributed by atoms with E-state index in [0.29, 0.717) is 6.61 Å². The predicted octanol–water partition coefficient (Wildman–Crippen LogP) is 4.69. The van der Waals surface area contributed by atoms with Crippen LogP contribution in [0.4, 0.5) is 10.1 Å². The molecule has 1 N–H and O–H groups in total. The molecule has 3 aromatic carbocycles. The van der Waals surface area contributed by atoms with E-state index in [1.807, 2.05) is 26.0 Å². The van der Waals surface area contributed by atoms with Crippen molar-refractivity contribution in [2.75, 3.05) is 0 Å². The average molecular weight is 421 g/mol. The molecule has 0 unspecified atom stereocenters. The van der Waals surface area contributed by atoms with Crippen LogP contribution in [0.25, 0.3) is 0 Å². The lowest BCUT2D eigenvalue weighted by Crippen LogP contribution is -2.17. The van der Waals surface area contributed by atoms with Gasteiger partial charge in [0.2, 0.25) is 0 Å². The van der Waals surface area contributed by atoms with Gasteiger partial charge in [0.15, 0.2) is 0 Å². The molecule has 158 valence electrons. The van der Waals surface area contributed by atoms with Gasteiger partial charge in [-0.15, -0.1) is 0 Å². The van der Waals surface area contributed by atoms with Crippen molar-refractivity contribution in [3.05, 3.63) is 104 Å². The number of halogens is 1. The van der Waals surface area contributed by atoms with E-state index in [4.69, 9.17) is 4.74 Å². The Morgan fingerprint density at radius 1 is 1.13 bits per heavy atom. The van der Waals surface area contributed by atoms with Crippen molar-refractivity contribution in [2.45, 2.75) is 20.5 Å². The summed E-state index contributed by atoms with van der Waals surface area (Å²) < 4.78 is 18.9. The molecule has 0 aliphatic heterocycles. The zero-order chi connectivity index (χ0) is 22.4. The second-order valence-corrected chi connectivity index (χ2v) is 6.91. The zero-order valence-electron chi connectivity index (χ0n) is 17.0. The molecule has 3 aromatic rings. The number of non-ortho nitro benzene ring substituents is 1. The number of benzene rings is 3. The third-order valence-electron chi connectivity index (χ3n) is 4.48. The van der Waals surface area contributed by atoms with Gasteiger partial charge in [-0.25, -0.2) is 9.82 Å². The predicted molar refractivity (Wildman–Crippen MR) is 115 cm³/mol. The third-order valence-corrected chi connectivity index (χ3v) is 4.48. The summed E-state index contributed by atoms with van der Waals surface area (Å²) in [6.45, 7) is 4.10. The first-order valence-corrected chi connectivity index (χ1v) is 9.40. The molecule has 0 bridgehead atoms. The molecule has 0 fully saturated rings. The van der Waals surface area contributed by atoms with E-state index in [1.54, 1.807) is 12.1 Å². The van der Waals surface area contributed by atoms with Crippen LogP contribution in [-0.2, 0) is 6.61 Å². The number of rotatable bonds is 7. The number of hydrogen-bond donors (Lipinski definition) is 1. The molecular formula is C23H20FN3O4. The molecule has 7 nitrogen and oxygen atoms in total. The van der Waals surface area contributed by atoms with Crippen LogP contribution in [-0.4, -0.2) is 17.0 Å². The van der Waals surface area contributed by atoms with Crippen LogP contribution in [0.1, 0.15) is 32.6 Å². The topological polar surface area (TPSA) is 93.8 Å². The molecule has 0 radical (unpaired) electrons. The Balaban J connectivity index is 1.64. The molecule has 0 spiro atoms. The van der Waals surface area contributed by atoms with Gasteiger partial charge in [0.1, 0.15) is 18.2 Å². The summed E-state index contributed by atoms with van der Waals surface area (Å²) in [6.07, 6.45) is 1.49. The largest absolute Gasteiger partial charge is 0.488 e. The number of nitrogens with zero attached hydrogens (tertiary/aromatic N) is 2. The number of carbonyl (C=O) groups excluding carboxylic acids is 1. The highest BCUT2D eigenvalue weighted by molar-refractivity contribution is 5.95. The SMILES string of the molecule is Cc1cc(/C=N\NC(=O)c2cccc([N+](=O)[O-])c2)cc(C)c1OCc1ccc(F)cc1. The van der Waals surface area contributed by atoms with Gasteiger partial charge >= 0.3 is 0 Å². The van der Waals surface area contributed by atoms with E-state index in [0.717, 1.165) is 28.0 Å². The van der Waals surface area contributed by atoms with E-state index >= 15 is 0 Å². The minimum atomic E-state index is -0.564. The first-order valence-electron chi connectivity index (χ1n) is 9.40. The summed E-state index contributed by atoms with van der Waals surface area (Å²) in [6, 6.07) is 15.2. The zero-order valence-corrected chi connectivity index (χ0v) is 17.0. The van der Waals surface area contributed by atoms with Crippen molar-refractivity contribution in [3.8, 4) is 5.75 Å². The van der Waals surface area contributed by atoms with E-state index in [2.05, 4.69) is 10.5 Å². The lowest BCUT2D eigenvalue weighted by atomic mass is 10.1. The fourth-order valence-corrected chi connectivity index (χ4v) is 3.01. The molecule has 1 amide bonds. The monoisotopic (exact) mass is 421 g/mol. The molecule has 0 saturated heterocycles. The van der Waals surface area contributed by atoms with E-state index in [1.165, 1.54) is 42.6 Å². The number of nitro groups is 1. The van der Waals surface area contributed by atoms with Gasteiger partial charge < -0.3 is 4.74 Å². The smallest absolute Gasteiger partial charge is 0.271 e. The highest BCUT2D eigenvalue weighted by Crippen LogP contribution is 2.25. The maximum Gasteiger partial charge on any atom is 0.271 e. The minimum absolute atomic E-state index is 0.142. The normalized spacial score (nSPS) is 10.8. The van der Waals surface area contributed by atoms with Crippen molar-refractivity contribution in [1.82, 2.24) is 5.43 Å². The van der Waals surface area contributed by atoms with Gasteiger partial charge in [0.25, 0.3) is 11.6 Å². The van der Waals surface area contributed by atoms with E-state index in [-0.39, 0.29) is 17.1 Å². The lowest BCUT2D eigenvalue weighted by Gasteiger charge is -2.13. The first-order chi connectivity index (χ1) is 14.8. The number of carbonyl (C=O) groups is 1. The van der Waals surface area contributed by atoms with Crippen LogP contribution in [0.2, 0.25) is 0 Å². The third kappa shape index (κ3) is 5.72. The molecule has 0 aliphatic carbocycles. The maximum absolute atomic E-state index is 13.0. The second-order valence-electron chi connectivity index (χ2n) is 6.91. The van der Waals surface area contributed by atoms with Gasteiger partial charge in [-0.05, 0) is 66.4 Å². The van der Waals surface area contributed by atoms with Gasteiger partial charge in [-0.1, -0.05) is 18.2 Å². The summed E-state index contributed by atoms with van der Waals surface area (Å²) in [7, 11) is 0. The molecule has 0 aromatic heterocycles. The fourth-order valence-electron chi connectivity index (χ4n) is 3.01. The van der Waals surface area contributed by atoms with E-state index < -0.39 is 10.8 Å². The van der Waals surface area contributed by atoms with Crippen molar-refractivity contribution < 1.29 is 18.8 Å². The molecule has 31 heavy (non-hydrogen) atoms. The standard InChI is InChI=1S/C23H20FN3O4/c1-15-10-18(11-16(2)22(15)31-14-17-6-8-20(24)9-7-17)13-25-26-23(28)19-4-3-5-21(12-19)27(29)30/h3-13H,14H2,1-2H3,(H,26,28)/b25-13-. The Morgan fingerprint density at radius 3 is 2.45 bits per heavy atom. The first kappa shape index (κ1) is 21.6. The Hall–Kier alpha value is -4.07. The lowest BCUT2D eigenvalue weighted by molar-refractivity contribution is -0.384. The number of nitro benzene ring substituents is 1. The minimum Gasteiger partial charge on any atom is -0.488 e. The van der Waals surface area contributed by atoms with Crippen LogP contribution < -0.4 is 10.2 Å². The van der Waals surface area contributed by atoms with Crippen molar-refractivity contribution in [2.24, 2.45) is 5.10 Å². The molecule has 0 atom stereocenters. The Bertz CT molecular complexity index is 1120. The van der Waals surface area contributed by atoms with Crippen molar-refractivity contribution in [3.63, 3.8) is 0 Å². The Morgan fingerprint density at radius 2 is 1.81 bits per heavy atom. The molecule has 0 saturated carbocycles. The number of nitrogens with one attached hydrogen (secondary N) is 1. The van der Waals surface area contributed by atoms with Crippen LogP contribution in [0, 0.1) is 29.8 Å². The van der Waals surface area contributed by atoms with E-state index in [9.17, 15) is 19.3 Å². The molecule has 8 heteroatoms. The van der Waals surface area contributed by atoms with Crippen LogP contribution in [0.3, 0.4) is 0 Å². The van der Waals surface area contributed by atoms with Gasteiger partial charge in [0.05, 0.1) is 11.1 Å². The van der Waals surface area contributed by atoms with Crippen LogP contribution in [0.5, 0.6) is 5.75 Å². The number of hydrazone groups is 1. The maximum atomic E-state index is 13.0.